The van der Waals surface area contributed by atoms with Crippen LogP contribution in [0.1, 0.15) is 30.7 Å². The molecule has 0 spiro atoms. The van der Waals surface area contributed by atoms with Crippen molar-refractivity contribution in [1.29, 1.82) is 0 Å². The lowest BCUT2D eigenvalue weighted by molar-refractivity contribution is -0.384. The van der Waals surface area contributed by atoms with E-state index in [1.807, 2.05) is 6.92 Å². The van der Waals surface area contributed by atoms with E-state index in [2.05, 4.69) is 12.2 Å². The molecule has 3 aromatic rings. The molecule has 174 valence electrons. The van der Waals surface area contributed by atoms with Crippen LogP contribution in [0.15, 0.2) is 28.2 Å². The molecule has 1 atom stereocenters. The number of aryl methyl sites for hydroxylation is 1. The van der Waals surface area contributed by atoms with E-state index in [4.69, 9.17) is 9.72 Å². The number of hydrogen-bond acceptors (Lipinski definition) is 8. The maximum absolute atomic E-state index is 13.2. The number of nitro benzene ring substituents is 1. The van der Waals surface area contributed by atoms with Gasteiger partial charge in [0, 0.05) is 11.4 Å². The molecule has 0 aliphatic heterocycles. The van der Waals surface area contributed by atoms with Crippen molar-refractivity contribution in [1.82, 2.24) is 9.55 Å². The molecule has 0 radical (unpaired) electrons. The minimum atomic E-state index is -0.574. The van der Waals surface area contributed by atoms with E-state index >= 15 is 0 Å². The molecular formula is C22H24N4O5S2. The maximum atomic E-state index is 13.2. The highest BCUT2D eigenvalue weighted by molar-refractivity contribution is 7.99. The zero-order chi connectivity index (χ0) is 23.7. The molecule has 0 bridgehead atoms. The summed E-state index contributed by atoms with van der Waals surface area (Å²) in [5.74, 6) is 0.457. The molecule has 1 amide bonds. The summed E-state index contributed by atoms with van der Waals surface area (Å²) in [7, 11) is 1.41. The van der Waals surface area contributed by atoms with Crippen LogP contribution in [0.4, 0.5) is 11.4 Å². The van der Waals surface area contributed by atoms with Crippen LogP contribution in [0.3, 0.4) is 0 Å². The summed E-state index contributed by atoms with van der Waals surface area (Å²) < 4.78 is 6.62. The van der Waals surface area contributed by atoms with E-state index in [1.54, 1.807) is 22.0 Å². The molecular weight excluding hydrogens is 464 g/mol. The number of nitrogens with one attached hydrogen (secondary N) is 1. The molecule has 1 N–H and O–H groups in total. The number of amides is 1. The summed E-state index contributed by atoms with van der Waals surface area (Å²) >= 11 is 2.72. The van der Waals surface area contributed by atoms with Crippen molar-refractivity contribution in [2.75, 3.05) is 18.2 Å². The number of thiophene rings is 1. The van der Waals surface area contributed by atoms with Crippen molar-refractivity contribution in [3.05, 3.63) is 49.1 Å². The van der Waals surface area contributed by atoms with Gasteiger partial charge in [0.15, 0.2) is 5.16 Å². The number of aromatic nitrogens is 2. The van der Waals surface area contributed by atoms with Crippen LogP contribution in [-0.4, -0.2) is 33.2 Å². The minimum Gasteiger partial charge on any atom is -0.496 e. The van der Waals surface area contributed by atoms with E-state index < -0.39 is 10.8 Å². The monoisotopic (exact) mass is 488 g/mol. The number of rotatable bonds is 7. The van der Waals surface area contributed by atoms with Gasteiger partial charge in [0.25, 0.3) is 11.2 Å². The second kappa shape index (κ2) is 9.52. The Morgan fingerprint density at radius 1 is 1.45 bits per heavy atom. The molecule has 1 aliphatic carbocycles. The lowest BCUT2D eigenvalue weighted by Crippen LogP contribution is -2.24. The van der Waals surface area contributed by atoms with Gasteiger partial charge in [0.2, 0.25) is 5.91 Å². The topological polar surface area (TPSA) is 116 Å². The standard InChI is InChI=1S/C22H24N4O5S2/c1-4-25-21(28)19-14-7-5-12(2)9-17(14)33-20(19)24-22(25)32-11-18(27)23-15-8-6-13(31-3)10-16(15)26(29)30/h6,8,10,12H,4-5,7,9,11H2,1-3H3,(H,23,27). The first kappa shape index (κ1) is 23.2. The number of nitrogens with zero attached hydrogens (tertiary/aromatic N) is 3. The number of anilines is 1. The summed E-state index contributed by atoms with van der Waals surface area (Å²) in [4.78, 5) is 43.3. The molecule has 11 heteroatoms. The number of fused-ring (bicyclic) bond motifs is 3. The number of ether oxygens (including phenoxy) is 1. The summed E-state index contributed by atoms with van der Waals surface area (Å²) in [6.07, 6.45) is 2.93. The Bertz CT molecular complexity index is 1300. The summed E-state index contributed by atoms with van der Waals surface area (Å²) in [5.41, 5.74) is 0.899. The molecule has 9 nitrogen and oxygen atoms in total. The lowest BCUT2D eigenvalue weighted by Gasteiger charge is -2.17. The largest absolute Gasteiger partial charge is 0.496 e. The van der Waals surface area contributed by atoms with Crippen LogP contribution < -0.4 is 15.6 Å². The number of nitro groups is 1. The second-order valence-corrected chi connectivity index (χ2v) is 9.98. The zero-order valence-electron chi connectivity index (χ0n) is 18.5. The Labute approximate surface area is 198 Å². The van der Waals surface area contributed by atoms with Gasteiger partial charge in [-0.15, -0.1) is 11.3 Å². The highest BCUT2D eigenvalue weighted by Gasteiger charge is 2.25. The first-order chi connectivity index (χ1) is 15.8. The highest BCUT2D eigenvalue weighted by Crippen LogP contribution is 2.36. The zero-order valence-corrected chi connectivity index (χ0v) is 20.2. The second-order valence-electron chi connectivity index (χ2n) is 7.95. The van der Waals surface area contributed by atoms with E-state index in [1.165, 1.54) is 24.1 Å². The molecule has 0 saturated heterocycles. The average Bonchev–Trinajstić information content (AvgIpc) is 3.15. The van der Waals surface area contributed by atoms with Crippen LogP contribution in [0.2, 0.25) is 0 Å². The summed E-state index contributed by atoms with van der Waals surface area (Å²) in [5, 5.41) is 15.1. The summed E-state index contributed by atoms with van der Waals surface area (Å²) in [6.45, 7) is 4.54. The van der Waals surface area contributed by atoms with Gasteiger partial charge < -0.3 is 10.1 Å². The third kappa shape index (κ3) is 4.60. The van der Waals surface area contributed by atoms with Crippen LogP contribution in [0.25, 0.3) is 10.2 Å². The average molecular weight is 489 g/mol. The van der Waals surface area contributed by atoms with Crippen LogP contribution >= 0.6 is 23.1 Å². The van der Waals surface area contributed by atoms with Gasteiger partial charge in [0.1, 0.15) is 16.3 Å². The van der Waals surface area contributed by atoms with Gasteiger partial charge in [-0.1, -0.05) is 18.7 Å². The molecule has 1 aromatic carbocycles. The van der Waals surface area contributed by atoms with Crippen LogP contribution in [0.5, 0.6) is 5.75 Å². The number of thioether (sulfide) groups is 1. The van der Waals surface area contributed by atoms with Crippen LogP contribution in [0, 0.1) is 16.0 Å². The first-order valence-corrected chi connectivity index (χ1v) is 12.4. The Morgan fingerprint density at radius 2 is 2.24 bits per heavy atom. The van der Waals surface area contributed by atoms with E-state index in [0.29, 0.717) is 28.8 Å². The quantitative estimate of drug-likeness (QED) is 0.229. The molecule has 0 fully saturated rings. The van der Waals surface area contributed by atoms with Gasteiger partial charge in [-0.05, 0) is 49.8 Å². The van der Waals surface area contributed by atoms with Crippen molar-refractivity contribution in [3.63, 3.8) is 0 Å². The van der Waals surface area contributed by atoms with Gasteiger partial charge in [-0.25, -0.2) is 4.98 Å². The van der Waals surface area contributed by atoms with Crippen molar-refractivity contribution >= 4 is 50.6 Å². The number of benzene rings is 1. The lowest BCUT2D eigenvalue weighted by atomic mass is 9.89. The normalized spacial score (nSPS) is 15.3. The number of carbonyl (C=O) groups excluding carboxylic acids is 1. The SMILES string of the molecule is CCn1c(SCC(=O)Nc2ccc(OC)cc2[N+](=O)[O-])nc2sc3c(c2c1=O)CCC(C)C3. The van der Waals surface area contributed by atoms with Crippen molar-refractivity contribution in [3.8, 4) is 5.75 Å². The maximum Gasteiger partial charge on any atom is 0.296 e. The van der Waals surface area contributed by atoms with Crippen molar-refractivity contribution in [2.45, 2.75) is 44.8 Å². The third-order valence-corrected chi connectivity index (χ3v) is 7.83. The minimum absolute atomic E-state index is 0.0384. The summed E-state index contributed by atoms with van der Waals surface area (Å²) in [6, 6.07) is 4.23. The molecule has 2 aromatic heterocycles. The predicted octanol–water partition coefficient (Wildman–Crippen LogP) is 4.25. The fourth-order valence-corrected chi connectivity index (χ4v) is 6.29. The molecule has 1 aliphatic rings. The van der Waals surface area contributed by atoms with Gasteiger partial charge in [0.05, 0.1) is 29.2 Å². The number of methoxy groups -OCH3 is 1. The fourth-order valence-electron chi connectivity index (χ4n) is 4.01. The molecule has 1 unspecified atom stereocenters. The Hall–Kier alpha value is -2.92. The molecule has 33 heavy (non-hydrogen) atoms. The van der Waals surface area contributed by atoms with Crippen molar-refractivity contribution in [2.24, 2.45) is 5.92 Å². The smallest absolute Gasteiger partial charge is 0.296 e. The Kier molecular flexibility index (Phi) is 6.71. The third-order valence-electron chi connectivity index (χ3n) is 5.70. The molecule has 2 heterocycles. The fraction of sp³-hybridized carbons (Fsp3) is 0.409. The molecule has 0 saturated carbocycles. The number of hydrogen-bond donors (Lipinski definition) is 1. The van der Waals surface area contributed by atoms with E-state index in [0.717, 1.165) is 41.4 Å². The van der Waals surface area contributed by atoms with Crippen molar-refractivity contribution < 1.29 is 14.5 Å². The van der Waals surface area contributed by atoms with E-state index in [9.17, 15) is 19.7 Å². The van der Waals surface area contributed by atoms with Gasteiger partial charge >= 0.3 is 0 Å². The highest BCUT2D eigenvalue weighted by atomic mass is 32.2. The number of carbonyl (C=O) groups is 1. The van der Waals surface area contributed by atoms with Crippen LogP contribution in [-0.2, 0) is 24.2 Å². The first-order valence-electron chi connectivity index (χ1n) is 10.6. The Morgan fingerprint density at radius 3 is 2.94 bits per heavy atom. The predicted molar refractivity (Wildman–Crippen MR) is 130 cm³/mol. The molecule has 4 rings (SSSR count). The van der Waals surface area contributed by atoms with E-state index in [-0.39, 0.29) is 22.7 Å². The Balaban J connectivity index is 1.57. The van der Waals surface area contributed by atoms with Gasteiger partial charge in [-0.2, -0.15) is 0 Å². The van der Waals surface area contributed by atoms with Gasteiger partial charge in [-0.3, -0.25) is 24.3 Å².